The van der Waals surface area contributed by atoms with Crippen LogP contribution in [0.25, 0.3) is 0 Å². The van der Waals surface area contributed by atoms with E-state index in [0.717, 1.165) is 16.9 Å². The Labute approximate surface area is 94.8 Å². The molecule has 0 aliphatic heterocycles. The molecular formula is C6H8MgO3PS+. The van der Waals surface area contributed by atoms with Crippen LogP contribution in [-0.4, -0.2) is 27.9 Å². The normalized spacial score (nSPS) is 10.2. The van der Waals surface area contributed by atoms with Crippen molar-refractivity contribution in [3.05, 3.63) is 30.3 Å². The van der Waals surface area contributed by atoms with Crippen LogP contribution in [0.2, 0.25) is 0 Å². The van der Waals surface area contributed by atoms with Crippen molar-refractivity contribution in [1.82, 2.24) is 0 Å². The number of hydrogen-bond donors (Lipinski definition) is 1. The van der Waals surface area contributed by atoms with Crippen molar-refractivity contribution in [3.63, 3.8) is 0 Å². The standard InChI is InChI=1S/C6H5O3PS.Mg.2H/c7-10(8)9-11-6-4-2-1-3-5-6;;;/h1-5H;;;/q;+2;2*-1/p+1. The Morgan fingerprint density at radius 2 is 2.00 bits per heavy atom. The third-order valence-corrected chi connectivity index (χ3v) is 2.21. The van der Waals surface area contributed by atoms with E-state index in [0.29, 0.717) is 0 Å². The van der Waals surface area contributed by atoms with Gasteiger partial charge in [0.1, 0.15) is 0 Å². The van der Waals surface area contributed by atoms with E-state index in [9.17, 15) is 4.57 Å². The summed E-state index contributed by atoms with van der Waals surface area (Å²) in [4.78, 5) is 9.09. The summed E-state index contributed by atoms with van der Waals surface area (Å²) in [5.41, 5.74) is 0. The van der Waals surface area contributed by atoms with Gasteiger partial charge in [-0.25, -0.2) is 0 Å². The molecule has 12 heavy (non-hydrogen) atoms. The molecule has 62 valence electrons. The summed E-state index contributed by atoms with van der Waals surface area (Å²) < 4.78 is 14.5. The predicted molar refractivity (Wildman–Crippen MR) is 51.2 cm³/mol. The third kappa shape index (κ3) is 5.08. The van der Waals surface area contributed by atoms with Gasteiger partial charge in [-0.1, -0.05) is 18.2 Å². The van der Waals surface area contributed by atoms with Crippen LogP contribution in [-0.2, 0) is 8.54 Å². The van der Waals surface area contributed by atoms with Crippen molar-refractivity contribution in [2.75, 3.05) is 0 Å². The summed E-state index contributed by atoms with van der Waals surface area (Å²) in [6, 6.07) is 9.11. The molecule has 0 amide bonds. The Morgan fingerprint density at radius 1 is 1.42 bits per heavy atom. The molecule has 1 N–H and O–H groups in total. The van der Waals surface area contributed by atoms with Crippen LogP contribution in [0, 0.1) is 0 Å². The summed E-state index contributed by atoms with van der Waals surface area (Å²) >= 11 is 0.895. The third-order valence-electron chi connectivity index (χ3n) is 0.940. The van der Waals surface area contributed by atoms with Crippen LogP contribution in [0.15, 0.2) is 35.2 Å². The summed E-state index contributed by atoms with van der Waals surface area (Å²) in [5, 5.41) is 0. The van der Waals surface area contributed by atoms with Crippen molar-refractivity contribution >= 4 is 43.4 Å². The molecule has 0 aliphatic rings. The fraction of sp³-hybridized carbons (Fsp3) is 0. The molecule has 1 rings (SSSR count). The fourth-order valence-electron chi connectivity index (χ4n) is 0.551. The molecule has 0 spiro atoms. The predicted octanol–water partition coefficient (Wildman–Crippen LogP) is 2.20. The molecule has 0 aromatic heterocycles. The summed E-state index contributed by atoms with van der Waals surface area (Å²) in [6.45, 7) is 0. The van der Waals surface area contributed by atoms with Gasteiger partial charge in [0.25, 0.3) is 0 Å². The van der Waals surface area contributed by atoms with E-state index in [1.807, 2.05) is 18.2 Å². The van der Waals surface area contributed by atoms with Crippen molar-refractivity contribution in [2.24, 2.45) is 0 Å². The first-order valence-corrected chi connectivity index (χ1v) is 4.72. The second kappa shape index (κ2) is 6.83. The molecule has 0 heterocycles. The van der Waals surface area contributed by atoms with E-state index in [1.54, 1.807) is 12.1 Å². The average molecular weight is 215 g/mol. The zero-order chi connectivity index (χ0) is 8.10. The average Bonchev–Trinajstić information content (AvgIpc) is 2.03. The van der Waals surface area contributed by atoms with Gasteiger partial charge >= 0.3 is 31.3 Å². The van der Waals surface area contributed by atoms with Crippen LogP contribution < -0.4 is 0 Å². The first-order chi connectivity index (χ1) is 5.29. The molecule has 1 aromatic rings. The second-order valence-electron chi connectivity index (χ2n) is 1.71. The van der Waals surface area contributed by atoms with Crippen molar-refractivity contribution in [1.29, 1.82) is 0 Å². The second-order valence-corrected chi connectivity index (χ2v) is 3.42. The van der Waals surface area contributed by atoms with Gasteiger partial charge in [-0.05, 0) is 16.1 Å². The van der Waals surface area contributed by atoms with E-state index in [4.69, 9.17) is 4.89 Å². The first-order valence-electron chi connectivity index (χ1n) is 2.85. The zero-order valence-corrected chi connectivity index (χ0v) is 9.34. The van der Waals surface area contributed by atoms with E-state index >= 15 is 0 Å². The Balaban J connectivity index is -0.000000403. The Morgan fingerprint density at radius 3 is 2.50 bits per heavy atom. The maximum atomic E-state index is 10.1. The van der Waals surface area contributed by atoms with Gasteiger partial charge in [0.2, 0.25) is 0 Å². The van der Waals surface area contributed by atoms with Crippen LogP contribution >= 0.6 is 20.3 Å². The molecule has 1 atom stereocenters. The molecule has 0 aliphatic carbocycles. The van der Waals surface area contributed by atoms with Gasteiger partial charge in [-0.3, -0.25) is 0 Å². The fourth-order valence-corrected chi connectivity index (χ4v) is 1.42. The minimum atomic E-state index is -2.51. The van der Waals surface area contributed by atoms with Crippen LogP contribution in [0.5, 0.6) is 0 Å². The molecule has 0 saturated carbocycles. The minimum absolute atomic E-state index is 0. The van der Waals surface area contributed by atoms with Crippen LogP contribution in [0.4, 0.5) is 0 Å². The monoisotopic (exact) mass is 215 g/mol. The maximum Gasteiger partial charge on any atom is 2.00 e. The van der Waals surface area contributed by atoms with Crippen molar-refractivity contribution < 1.29 is 16.3 Å². The molecule has 0 saturated heterocycles. The van der Waals surface area contributed by atoms with Gasteiger partial charge in [0, 0.05) is 9.46 Å². The van der Waals surface area contributed by atoms with Crippen molar-refractivity contribution in [3.8, 4) is 0 Å². The molecule has 3 nitrogen and oxygen atoms in total. The van der Waals surface area contributed by atoms with Gasteiger partial charge in [0.05, 0.1) is 12.0 Å². The van der Waals surface area contributed by atoms with Crippen LogP contribution in [0.1, 0.15) is 2.85 Å². The minimum Gasteiger partial charge on any atom is -1.00 e. The first kappa shape index (κ1) is 12.4. The Kier molecular flexibility index (Phi) is 7.03. The number of rotatable bonds is 3. The van der Waals surface area contributed by atoms with Crippen LogP contribution in [0.3, 0.4) is 0 Å². The Bertz CT molecular complexity index is 252. The molecular weight excluding hydrogens is 207 g/mol. The van der Waals surface area contributed by atoms with E-state index in [2.05, 4.69) is 3.97 Å². The van der Waals surface area contributed by atoms with E-state index in [1.165, 1.54) is 0 Å². The largest absolute Gasteiger partial charge is 2.00 e. The molecule has 0 radical (unpaired) electrons. The van der Waals surface area contributed by atoms with Gasteiger partial charge in [0.15, 0.2) is 0 Å². The quantitative estimate of drug-likeness (QED) is 0.477. The van der Waals surface area contributed by atoms with Gasteiger partial charge in [-0.2, -0.15) is 0 Å². The maximum absolute atomic E-state index is 10.1. The smallest absolute Gasteiger partial charge is 1.00 e. The SMILES string of the molecule is O=[P+](O)OSc1ccccc1.[H-].[H-].[Mg+2]. The summed E-state index contributed by atoms with van der Waals surface area (Å²) in [5.74, 6) is 0. The van der Waals surface area contributed by atoms with E-state index in [-0.39, 0.29) is 25.9 Å². The number of hydrogen-bond acceptors (Lipinski definition) is 3. The van der Waals surface area contributed by atoms with Gasteiger partial charge < -0.3 is 2.85 Å². The Hall–Kier alpha value is 0.356. The van der Waals surface area contributed by atoms with E-state index < -0.39 is 8.25 Å². The summed E-state index contributed by atoms with van der Waals surface area (Å²) in [7, 11) is -2.51. The topological polar surface area (TPSA) is 46.5 Å². The molecule has 1 aromatic carbocycles. The molecule has 0 fully saturated rings. The molecule has 1 unspecified atom stereocenters. The summed E-state index contributed by atoms with van der Waals surface area (Å²) in [6.07, 6.45) is 0. The number of benzene rings is 1. The van der Waals surface area contributed by atoms with Gasteiger partial charge in [-0.15, -0.1) is 4.89 Å². The molecule has 0 bridgehead atoms. The van der Waals surface area contributed by atoms with Crippen molar-refractivity contribution in [2.45, 2.75) is 4.90 Å². The zero-order valence-electron chi connectivity index (χ0n) is 8.21. The molecule has 6 heteroatoms.